The molecule has 1 aliphatic heterocycles. The summed E-state index contributed by atoms with van der Waals surface area (Å²) in [4.78, 5) is 38.8. The lowest BCUT2D eigenvalue weighted by Gasteiger charge is -2.35. The molecular formula is C21H28ClN3O3. The number of likely N-dealkylation sites (tertiary alicyclic amines) is 1. The highest BCUT2D eigenvalue weighted by molar-refractivity contribution is 6.33. The van der Waals surface area contributed by atoms with E-state index in [0.29, 0.717) is 23.7 Å². The van der Waals surface area contributed by atoms with Crippen LogP contribution in [0.15, 0.2) is 24.3 Å². The van der Waals surface area contributed by atoms with Crippen LogP contribution in [0.1, 0.15) is 55.3 Å². The van der Waals surface area contributed by atoms with Crippen molar-refractivity contribution in [1.82, 2.24) is 15.5 Å². The SMILES string of the molecule is O=C(CNC(=O)c1ccccc1Cl)NC1CCN(C(=O)C2CCCCC2)CC1. The molecule has 0 unspecified atom stereocenters. The second-order valence-electron chi connectivity index (χ2n) is 7.66. The first-order chi connectivity index (χ1) is 13.5. The van der Waals surface area contributed by atoms with Gasteiger partial charge in [-0.2, -0.15) is 0 Å². The van der Waals surface area contributed by atoms with Crippen LogP contribution in [0.5, 0.6) is 0 Å². The van der Waals surface area contributed by atoms with Crippen LogP contribution in [0.3, 0.4) is 0 Å². The van der Waals surface area contributed by atoms with Gasteiger partial charge in [0.1, 0.15) is 0 Å². The van der Waals surface area contributed by atoms with Crippen molar-refractivity contribution in [2.75, 3.05) is 19.6 Å². The first-order valence-corrected chi connectivity index (χ1v) is 10.5. The van der Waals surface area contributed by atoms with Crippen molar-refractivity contribution in [3.8, 4) is 0 Å². The summed E-state index contributed by atoms with van der Waals surface area (Å²) in [6.07, 6.45) is 7.09. The molecule has 2 N–H and O–H groups in total. The predicted molar refractivity (Wildman–Crippen MR) is 108 cm³/mol. The highest BCUT2D eigenvalue weighted by Crippen LogP contribution is 2.26. The van der Waals surface area contributed by atoms with Gasteiger partial charge in [-0.3, -0.25) is 14.4 Å². The molecule has 3 rings (SSSR count). The zero-order chi connectivity index (χ0) is 19.9. The maximum absolute atomic E-state index is 12.6. The van der Waals surface area contributed by atoms with Gasteiger partial charge in [0.2, 0.25) is 11.8 Å². The van der Waals surface area contributed by atoms with Gasteiger partial charge in [0, 0.05) is 25.0 Å². The Balaban J connectivity index is 1.38. The molecule has 3 amide bonds. The Bertz CT molecular complexity index is 711. The summed E-state index contributed by atoms with van der Waals surface area (Å²) < 4.78 is 0. The van der Waals surface area contributed by atoms with Gasteiger partial charge in [0.15, 0.2) is 0 Å². The summed E-state index contributed by atoms with van der Waals surface area (Å²) >= 11 is 5.99. The Morgan fingerprint density at radius 1 is 1.00 bits per heavy atom. The average molecular weight is 406 g/mol. The topological polar surface area (TPSA) is 78.5 Å². The Morgan fingerprint density at radius 2 is 1.68 bits per heavy atom. The van der Waals surface area contributed by atoms with Crippen molar-refractivity contribution < 1.29 is 14.4 Å². The number of halogens is 1. The van der Waals surface area contributed by atoms with E-state index < -0.39 is 0 Å². The number of nitrogens with one attached hydrogen (secondary N) is 2. The fourth-order valence-corrected chi connectivity index (χ4v) is 4.25. The number of piperidine rings is 1. The van der Waals surface area contributed by atoms with Gasteiger partial charge in [-0.15, -0.1) is 0 Å². The quantitative estimate of drug-likeness (QED) is 0.790. The minimum Gasteiger partial charge on any atom is -0.352 e. The summed E-state index contributed by atoms with van der Waals surface area (Å²) in [5.41, 5.74) is 0.353. The van der Waals surface area contributed by atoms with E-state index in [4.69, 9.17) is 11.6 Å². The minimum absolute atomic E-state index is 0.0418. The molecule has 0 bridgehead atoms. The molecule has 6 nitrogen and oxygen atoms in total. The third-order valence-corrected chi connectivity index (χ3v) is 5.98. The number of amides is 3. The molecule has 152 valence electrons. The standard InChI is InChI=1S/C21H28ClN3O3/c22-18-9-5-4-8-17(18)20(27)23-14-19(26)24-16-10-12-25(13-11-16)21(28)15-6-2-1-3-7-15/h4-5,8-9,15-16H,1-3,6-7,10-14H2,(H,23,27)(H,24,26). The highest BCUT2D eigenvalue weighted by atomic mass is 35.5. The summed E-state index contributed by atoms with van der Waals surface area (Å²) in [7, 11) is 0. The molecule has 0 aromatic heterocycles. The van der Waals surface area contributed by atoms with E-state index in [9.17, 15) is 14.4 Å². The van der Waals surface area contributed by atoms with Crippen LogP contribution < -0.4 is 10.6 Å². The number of carbonyl (C=O) groups is 3. The van der Waals surface area contributed by atoms with Gasteiger partial charge in [0.25, 0.3) is 5.91 Å². The summed E-state index contributed by atoms with van der Waals surface area (Å²) in [5, 5.41) is 5.91. The van der Waals surface area contributed by atoms with E-state index >= 15 is 0 Å². The second-order valence-corrected chi connectivity index (χ2v) is 8.07. The number of nitrogens with zero attached hydrogens (tertiary/aromatic N) is 1. The summed E-state index contributed by atoms with van der Waals surface area (Å²) in [5.74, 6) is -0.109. The van der Waals surface area contributed by atoms with Crippen molar-refractivity contribution in [2.45, 2.75) is 51.0 Å². The van der Waals surface area contributed by atoms with E-state index in [1.165, 1.54) is 6.42 Å². The van der Waals surface area contributed by atoms with E-state index in [-0.39, 0.29) is 36.2 Å². The lowest BCUT2D eigenvalue weighted by atomic mass is 9.87. The summed E-state index contributed by atoms with van der Waals surface area (Å²) in [6.45, 7) is 1.28. The maximum atomic E-state index is 12.6. The van der Waals surface area contributed by atoms with E-state index in [0.717, 1.165) is 38.5 Å². The van der Waals surface area contributed by atoms with Gasteiger partial charge in [0.05, 0.1) is 17.1 Å². The zero-order valence-corrected chi connectivity index (χ0v) is 16.8. The molecule has 1 aliphatic carbocycles. The van der Waals surface area contributed by atoms with Crippen molar-refractivity contribution in [3.05, 3.63) is 34.9 Å². The Kier molecular flexibility index (Phi) is 7.31. The van der Waals surface area contributed by atoms with Crippen LogP contribution in [-0.2, 0) is 9.59 Å². The predicted octanol–water partition coefficient (Wildman–Crippen LogP) is 2.76. The van der Waals surface area contributed by atoms with Crippen LogP contribution in [0.2, 0.25) is 5.02 Å². The minimum atomic E-state index is -0.367. The van der Waals surface area contributed by atoms with Gasteiger partial charge in [-0.25, -0.2) is 0 Å². The monoisotopic (exact) mass is 405 g/mol. The molecule has 0 atom stereocenters. The molecule has 1 aromatic rings. The molecule has 1 aromatic carbocycles. The van der Waals surface area contributed by atoms with E-state index in [1.807, 2.05) is 4.90 Å². The largest absolute Gasteiger partial charge is 0.352 e. The molecule has 0 radical (unpaired) electrons. The lowest BCUT2D eigenvalue weighted by Crippen LogP contribution is -2.49. The Hall–Kier alpha value is -2.08. The number of hydrogen-bond acceptors (Lipinski definition) is 3. The molecule has 2 fully saturated rings. The highest BCUT2D eigenvalue weighted by Gasteiger charge is 2.29. The summed E-state index contributed by atoms with van der Waals surface area (Å²) in [6, 6.07) is 6.77. The molecule has 1 heterocycles. The van der Waals surface area contributed by atoms with Gasteiger partial charge in [-0.05, 0) is 37.8 Å². The van der Waals surface area contributed by atoms with E-state index in [1.54, 1.807) is 24.3 Å². The van der Waals surface area contributed by atoms with Crippen molar-refractivity contribution in [3.63, 3.8) is 0 Å². The van der Waals surface area contributed by atoms with Crippen molar-refractivity contribution >= 4 is 29.3 Å². The average Bonchev–Trinajstić information content (AvgIpc) is 2.73. The first-order valence-electron chi connectivity index (χ1n) is 10.2. The Labute approximate surface area is 171 Å². The fourth-order valence-electron chi connectivity index (χ4n) is 4.03. The molecule has 0 spiro atoms. The fraction of sp³-hybridized carbons (Fsp3) is 0.571. The number of rotatable bonds is 5. The molecule has 28 heavy (non-hydrogen) atoms. The van der Waals surface area contributed by atoms with Gasteiger partial charge >= 0.3 is 0 Å². The van der Waals surface area contributed by atoms with Crippen LogP contribution >= 0.6 is 11.6 Å². The Morgan fingerprint density at radius 3 is 2.36 bits per heavy atom. The number of hydrogen-bond donors (Lipinski definition) is 2. The van der Waals surface area contributed by atoms with Gasteiger partial charge < -0.3 is 15.5 Å². The molecule has 2 aliphatic rings. The van der Waals surface area contributed by atoms with Crippen molar-refractivity contribution in [2.24, 2.45) is 5.92 Å². The van der Waals surface area contributed by atoms with Crippen LogP contribution in [-0.4, -0.2) is 48.3 Å². The normalized spacial score (nSPS) is 18.5. The van der Waals surface area contributed by atoms with Gasteiger partial charge in [-0.1, -0.05) is 43.0 Å². The molecular weight excluding hydrogens is 378 g/mol. The van der Waals surface area contributed by atoms with Crippen LogP contribution in [0.25, 0.3) is 0 Å². The molecule has 1 saturated heterocycles. The first kappa shape index (κ1) is 20.6. The van der Waals surface area contributed by atoms with Crippen LogP contribution in [0.4, 0.5) is 0 Å². The molecule has 7 heteroatoms. The number of benzene rings is 1. The lowest BCUT2D eigenvalue weighted by molar-refractivity contribution is -0.137. The third kappa shape index (κ3) is 5.47. The third-order valence-electron chi connectivity index (χ3n) is 5.65. The maximum Gasteiger partial charge on any atom is 0.253 e. The molecule has 1 saturated carbocycles. The van der Waals surface area contributed by atoms with E-state index in [2.05, 4.69) is 10.6 Å². The smallest absolute Gasteiger partial charge is 0.253 e. The van der Waals surface area contributed by atoms with Crippen molar-refractivity contribution in [1.29, 1.82) is 0 Å². The van der Waals surface area contributed by atoms with Crippen LogP contribution in [0, 0.1) is 5.92 Å². The second kappa shape index (κ2) is 9.92. The zero-order valence-electron chi connectivity index (χ0n) is 16.1. The number of carbonyl (C=O) groups excluding carboxylic acids is 3.